The van der Waals surface area contributed by atoms with E-state index in [1.165, 1.54) is 0 Å². The van der Waals surface area contributed by atoms with Gasteiger partial charge in [-0.3, -0.25) is 4.98 Å². The third-order valence-electron chi connectivity index (χ3n) is 5.29. The molecule has 1 aliphatic rings. The molecule has 2 heterocycles. The number of nitrogens with one attached hydrogen (secondary N) is 2. The molecule has 0 amide bonds. The Morgan fingerprint density at radius 3 is 2.73 bits per heavy atom. The Hall–Kier alpha value is -2.03. The molecule has 2 aromatic carbocycles. The Labute approximate surface area is 181 Å². The van der Waals surface area contributed by atoms with Crippen LogP contribution in [0.2, 0.25) is 5.02 Å². The van der Waals surface area contributed by atoms with Crippen molar-refractivity contribution in [2.24, 2.45) is 0 Å². The minimum absolute atomic E-state index is 0.0838. The van der Waals surface area contributed by atoms with Crippen molar-refractivity contribution in [3.63, 3.8) is 0 Å². The quantitative estimate of drug-likeness (QED) is 0.554. The number of aromatic nitrogens is 1. The Balaban J connectivity index is 1.27. The number of halogens is 1. The molecular weight excluding hydrogens is 422 g/mol. The molecule has 0 radical (unpaired) electrons. The van der Waals surface area contributed by atoms with Gasteiger partial charge in [-0.2, -0.15) is 0 Å². The van der Waals surface area contributed by atoms with E-state index >= 15 is 0 Å². The van der Waals surface area contributed by atoms with Crippen molar-refractivity contribution < 1.29 is 13.2 Å². The number of fused-ring (bicyclic) bond motifs is 1. The minimum atomic E-state index is -3.61. The molecule has 6 nitrogen and oxygen atoms in total. The monoisotopic (exact) mass is 445 g/mol. The highest BCUT2D eigenvalue weighted by atomic mass is 35.5. The number of nitrogens with zero attached hydrogens (tertiary/aromatic N) is 1. The maximum absolute atomic E-state index is 12.8. The zero-order valence-electron chi connectivity index (χ0n) is 16.4. The van der Waals surface area contributed by atoms with E-state index in [9.17, 15) is 8.42 Å². The molecule has 1 aromatic heterocycles. The first-order chi connectivity index (χ1) is 14.5. The molecule has 0 spiro atoms. The molecule has 4 rings (SSSR count). The minimum Gasteiger partial charge on any atom is -0.375 e. The lowest BCUT2D eigenvalue weighted by Crippen LogP contribution is -2.40. The van der Waals surface area contributed by atoms with Crippen molar-refractivity contribution in [1.82, 2.24) is 15.0 Å². The van der Waals surface area contributed by atoms with Gasteiger partial charge < -0.3 is 10.1 Å². The van der Waals surface area contributed by atoms with Crippen molar-refractivity contribution in [2.75, 3.05) is 13.2 Å². The molecule has 1 saturated heterocycles. The number of hydrogen-bond acceptors (Lipinski definition) is 5. The topological polar surface area (TPSA) is 80.3 Å². The zero-order valence-corrected chi connectivity index (χ0v) is 18.0. The number of ether oxygens (including phenoxy) is 1. The van der Waals surface area contributed by atoms with Gasteiger partial charge in [0, 0.05) is 46.8 Å². The van der Waals surface area contributed by atoms with Gasteiger partial charge in [-0.05, 0) is 42.7 Å². The molecule has 30 heavy (non-hydrogen) atoms. The molecule has 1 unspecified atom stereocenters. The van der Waals surface area contributed by atoms with E-state index in [1.54, 1.807) is 30.6 Å². The standard InChI is InChI=1S/C22H24ClN3O3S/c23-18-6-4-16(5-7-18)14-29-15-20-9-8-19(26-20)13-25-30(27,28)22-3-1-2-17-12-24-11-10-21(17)22/h1-7,10-12,19-20,25-26H,8-9,13-15H2/t19?,20-/m0/s1. The van der Waals surface area contributed by atoms with E-state index in [2.05, 4.69) is 15.0 Å². The Morgan fingerprint density at radius 2 is 1.90 bits per heavy atom. The summed E-state index contributed by atoms with van der Waals surface area (Å²) in [7, 11) is -3.61. The predicted molar refractivity (Wildman–Crippen MR) is 118 cm³/mol. The van der Waals surface area contributed by atoms with Crippen molar-refractivity contribution in [3.05, 3.63) is 71.5 Å². The number of sulfonamides is 1. The van der Waals surface area contributed by atoms with Crippen LogP contribution in [-0.2, 0) is 21.4 Å². The average Bonchev–Trinajstić information content (AvgIpc) is 3.21. The number of hydrogen-bond donors (Lipinski definition) is 2. The fraction of sp³-hybridized carbons (Fsp3) is 0.318. The number of benzene rings is 2. The second-order valence-corrected chi connectivity index (χ2v) is 9.66. The predicted octanol–water partition coefficient (Wildman–Crippen LogP) is 3.50. The molecule has 2 atom stereocenters. The van der Waals surface area contributed by atoms with E-state index in [0.717, 1.165) is 23.8 Å². The summed E-state index contributed by atoms with van der Waals surface area (Å²) in [6, 6.07) is 14.8. The van der Waals surface area contributed by atoms with Crippen molar-refractivity contribution in [1.29, 1.82) is 0 Å². The second kappa shape index (κ2) is 9.41. The molecular formula is C22H24ClN3O3S. The molecule has 0 bridgehead atoms. The Morgan fingerprint density at radius 1 is 1.10 bits per heavy atom. The maximum Gasteiger partial charge on any atom is 0.241 e. The van der Waals surface area contributed by atoms with Gasteiger partial charge in [0.2, 0.25) is 10.0 Å². The Bertz CT molecular complexity index is 1100. The van der Waals surface area contributed by atoms with Gasteiger partial charge in [0.1, 0.15) is 0 Å². The molecule has 2 N–H and O–H groups in total. The maximum atomic E-state index is 12.8. The van der Waals surface area contributed by atoms with Crippen molar-refractivity contribution >= 4 is 32.4 Å². The summed E-state index contributed by atoms with van der Waals surface area (Å²) in [5.41, 5.74) is 1.08. The van der Waals surface area contributed by atoms with E-state index in [1.807, 2.05) is 30.3 Å². The first-order valence-corrected chi connectivity index (χ1v) is 11.8. The highest BCUT2D eigenvalue weighted by Gasteiger charge is 2.26. The highest BCUT2D eigenvalue weighted by molar-refractivity contribution is 7.89. The lowest BCUT2D eigenvalue weighted by Gasteiger charge is -2.16. The largest absolute Gasteiger partial charge is 0.375 e. The van der Waals surface area contributed by atoms with Crippen LogP contribution in [-0.4, -0.2) is 38.6 Å². The van der Waals surface area contributed by atoms with Crippen LogP contribution in [0.5, 0.6) is 0 Å². The van der Waals surface area contributed by atoms with Gasteiger partial charge in [0.25, 0.3) is 0 Å². The van der Waals surface area contributed by atoms with Crippen LogP contribution in [0.15, 0.2) is 65.8 Å². The van der Waals surface area contributed by atoms with Crippen LogP contribution in [0.25, 0.3) is 10.8 Å². The molecule has 158 valence electrons. The summed E-state index contributed by atoms with van der Waals surface area (Å²) < 4.78 is 34.2. The summed E-state index contributed by atoms with van der Waals surface area (Å²) >= 11 is 5.89. The van der Waals surface area contributed by atoms with E-state index in [0.29, 0.717) is 30.2 Å². The van der Waals surface area contributed by atoms with Crippen LogP contribution in [0.4, 0.5) is 0 Å². The summed E-state index contributed by atoms with van der Waals surface area (Å²) in [4.78, 5) is 4.34. The average molecular weight is 446 g/mol. The molecule has 1 fully saturated rings. The Kier molecular flexibility index (Phi) is 6.65. The summed E-state index contributed by atoms with van der Waals surface area (Å²) in [5, 5.41) is 5.65. The van der Waals surface area contributed by atoms with Crippen molar-refractivity contribution in [3.8, 4) is 0 Å². The SMILES string of the molecule is O=S(=O)(NCC1CC[C@@H](COCc2ccc(Cl)cc2)N1)c1cccc2cnccc12. The van der Waals surface area contributed by atoms with Gasteiger partial charge in [-0.25, -0.2) is 13.1 Å². The molecule has 0 saturated carbocycles. The lowest BCUT2D eigenvalue weighted by atomic mass is 10.2. The van der Waals surface area contributed by atoms with Crippen molar-refractivity contribution in [2.45, 2.75) is 36.4 Å². The van der Waals surface area contributed by atoms with Crippen LogP contribution in [0.1, 0.15) is 18.4 Å². The fourth-order valence-corrected chi connectivity index (χ4v) is 5.14. The van der Waals surface area contributed by atoms with Gasteiger partial charge in [0.15, 0.2) is 0 Å². The van der Waals surface area contributed by atoms with E-state index in [4.69, 9.17) is 16.3 Å². The van der Waals surface area contributed by atoms with Gasteiger partial charge in [-0.15, -0.1) is 0 Å². The zero-order chi connectivity index (χ0) is 21.0. The third-order valence-corrected chi connectivity index (χ3v) is 7.02. The molecule has 1 aliphatic heterocycles. The third kappa shape index (κ3) is 5.17. The molecule has 0 aliphatic carbocycles. The lowest BCUT2D eigenvalue weighted by molar-refractivity contribution is 0.102. The first kappa shape index (κ1) is 21.2. The number of pyridine rings is 1. The van der Waals surface area contributed by atoms with Gasteiger partial charge in [0.05, 0.1) is 18.1 Å². The summed E-state index contributed by atoms with van der Waals surface area (Å²) in [6.07, 6.45) is 5.12. The first-order valence-electron chi connectivity index (χ1n) is 9.92. The van der Waals surface area contributed by atoms with E-state index in [-0.39, 0.29) is 17.0 Å². The van der Waals surface area contributed by atoms with E-state index < -0.39 is 10.0 Å². The molecule has 3 aromatic rings. The van der Waals surface area contributed by atoms with Gasteiger partial charge >= 0.3 is 0 Å². The number of rotatable bonds is 8. The smallest absolute Gasteiger partial charge is 0.241 e. The fourth-order valence-electron chi connectivity index (χ4n) is 3.71. The van der Waals surface area contributed by atoms with Crippen LogP contribution >= 0.6 is 11.6 Å². The highest BCUT2D eigenvalue weighted by Crippen LogP contribution is 2.22. The van der Waals surface area contributed by atoms with Crippen LogP contribution < -0.4 is 10.0 Å². The van der Waals surface area contributed by atoms with Crippen LogP contribution in [0.3, 0.4) is 0 Å². The summed E-state index contributed by atoms with van der Waals surface area (Å²) in [5.74, 6) is 0. The molecule has 8 heteroatoms. The summed E-state index contributed by atoms with van der Waals surface area (Å²) in [6.45, 7) is 1.46. The van der Waals surface area contributed by atoms with Crippen LogP contribution in [0, 0.1) is 0 Å². The normalized spacial score (nSPS) is 19.4. The second-order valence-electron chi connectivity index (χ2n) is 7.48. The van der Waals surface area contributed by atoms with Gasteiger partial charge in [-0.1, -0.05) is 35.9 Å².